The molecule has 546 valence electrons. The van der Waals surface area contributed by atoms with Gasteiger partial charge in [0.1, 0.15) is 60.0 Å². The molecule has 21 nitrogen and oxygen atoms in total. The third kappa shape index (κ3) is 15.6. The van der Waals surface area contributed by atoms with Crippen LogP contribution in [0.5, 0.6) is 11.8 Å². The molecule has 4 saturated heterocycles. The number of nitrogens with zero attached hydrogens (tertiary/aromatic N) is 11. The summed E-state index contributed by atoms with van der Waals surface area (Å²) < 4.78 is 67.0. The van der Waals surface area contributed by atoms with Gasteiger partial charge in [-0.1, -0.05) is 104 Å². The molecule has 3 amide bonds. The molecule has 6 atom stereocenters. The van der Waals surface area contributed by atoms with E-state index in [9.17, 15) is 19.5 Å². The number of benzene rings is 3. The summed E-state index contributed by atoms with van der Waals surface area (Å²) in [5, 5.41) is 24.3. The van der Waals surface area contributed by atoms with Crippen LogP contribution in [-0.4, -0.2) is 176 Å². The Labute approximate surface area is 602 Å². The van der Waals surface area contributed by atoms with Crippen molar-refractivity contribution in [2.45, 2.75) is 213 Å². The second kappa shape index (κ2) is 29.8. The molecule has 12 rings (SSSR count). The molecule has 4 aliphatic heterocycles. The number of pyridine rings is 1. The minimum atomic E-state index is -2.38. The molecule has 1 aliphatic carbocycles. The van der Waals surface area contributed by atoms with E-state index in [0.29, 0.717) is 46.5 Å². The van der Waals surface area contributed by atoms with Gasteiger partial charge in [-0.25, -0.2) is 23.2 Å². The zero-order valence-electron chi connectivity index (χ0n) is 61.7. The zero-order valence-corrected chi connectivity index (χ0v) is 63.6. The van der Waals surface area contributed by atoms with Gasteiger partial charge in [0.2, 0.25) is 11.8 Å². The molecular weight excluding hydrogens is 1340 g/mol. The van der Waals surface area contributed by atoms with E-state index in [1.54, 1.807) is 46.6 Å². The van der Waals surface area contributed by atoms with E-state index in [1.165, 1.54) is 18.1 Å². The number of β-amino-alcohol motifs (C(OH)–C–C–N with tert-alkyl or cyclic N) is 1. The number of piperazine rings is 1. The lowest BCUT2D eigenvalue weighted by Gasteiger charge is -2.42. The number of anilines is 1. The summed E-state index contributed by atoms with van der Waals surface area (Å²) in [5.41, 5.74) is 8.68. The van der Waals surface area contributed by atoms with Crippen LogP contribution in [0, 0.1) is 40.9 Å². The normalized spacial score (nSPS) is 20.2. The Morgan fingerprint density at radius 3 is 2.20 bits per heavy atom. The van der Waals surface area contributed by atoms with Gasteiger partial charge in [-0.15, -0.1) is 22.0 Å². The topological polar surface area (TPSA) is 225 Å². The van der Waals surface area contributed by atoms with Crippen molar-refractivity contribution in [3.8, 4) is 44.9 Å². The Bertz CT molecular complexity index is 4250. The van der Waals surface area contributed by atoms with Crippen LogP contribution in [0.25, 0.3) is 43.4 Å². The number of fused-ring (bicyclic) bond motifs is 4. The van der Waals surface area contributed by atoms with Crippen LogP contribution < -0.4 is 19.7 Å². The average molecular weight is 1440 g/mol. The van der Waals surface area contributed by atoms with Crippen LogP contribution in [0.4, 0.5) is 19.4 Å². The quantitative estimate of drug-likeness (QED) is 0.0365. The van der Waals surface area contributed by atoms with E-state index in [2.05, 4.69) is 83.4 Å². The van der Waals surface area contributed by atoms with Crippen LogP contribution >= 0.6 is 11.3 Å². The van der Waals surface area contributed by atoms with Gasteiger partial charge < -0.3 is 48.8 Å². The summed E-state index contributed by atoms with van der Waals surface area (Å²) in [6, 6.07) is 12.1. The van der Waals surface area contributed by atoms with Gasteiger partial charge in [0.05, 0.1) is 76.8 Å². The summed E-state index contributed by atoms with van der Waals surface area (Å²) in [7, 11) is -0.865. The van der Waals surface area contributed by atoms with Crippen molar-refractivity contribution < 1.29 is 52.0 Å². The largest absolute Gasteiger partial charge is 0.468 e. The summed E-state index contributed by atoms with van der Waals surface area (Å²) in [6.07, 6.45) is 7.06. The number of thiazole rings is 1. The first-order chi connectivity index (χ1) is 48.4. The third-order valence-corrected chi connectivity index (χ3v) is 28.7. The standard InChI is InChI=1S/C77H100F2N12O9SSi/c1-45(2)102(46(3)4,47(5)6)31-26-59-62(78)23-20-52-32-58(99-44-96-15)34-60(64(52)59)66-65(79)67-61(35-80-66)70(88-37-54-21-22-55(38-88)91(54)74(95)100-76(12,13)14)84-73(83-67)98-42-77(27-28-77)41-87-29-24-57(25-30-87)97-40-53-36-90(86-85-53)69(75(9,10)11)72(94)89-39-56(92)33-63(89)71(93)82-48(7)50-16-18-51(19-17-50)68-49(8)81-43-101-68/h16-20,23,32,34-36,43,45-48,54-57,63,69,92H,21-22,24-25,27-30,33,37-42,44H2,1-15H3,(H,82,93)/t48-,54?,55?,56+,63-,69+/m0/s1. The maximum Gasteiger partial charge on any atom is 0.410 e. The lowest BCUT2D eigenvalue weighted by atomic mass is 9.85. The molecule has 8 heterocycles. The van der Waals surface area contributed by atoms with E-state index in [-0.39, 0.29) is 125 Å². The summed E-state index contributed by atoms with van der Waals surface area (Å²) in [5.74, 6) is 2.24. The Morgan fingerprint density at radius 1 is 0.873 bits per heavy atom. The summed E-state index contributed by atoms with van der Waals surface area (Å²) in [6.45, 7) is 32.1. The molecule has 0 radical (unpaired) electrons. The second-order valence-electron chi connectivity index (χ2n) is 31.9. The Hall–Kier alpha value is -7.73. The number of carbonyl (C=O) groups is 3. The fraction of sp³-hybridized carbons (Fsp3) is 0.571. The molecule has 25 heteroatoms. The van der Waals surface area contributed by atoms with Crippen molar-refractivity contribution in [1.82, 2.24) is 54.9 Å². The van der Waals surface area contributed by atoms with E-state index < -0.39 is 48.9 Å². The van der Waals surface area contributed by atoms with E-state index in [0.717, 1.165) is 79.9 Å². The number of hydrogen-bond acceptors (Lipinski definition) is 18. The van der Waals surface area contributed by atoms with Crippen molar-refractivity contribution in [3.63, 3.8) is 0 Å². The highest BCUT2D eigenvalue weighted by Gasteiger charge is 2.49. The molecular formula is C77H100F2N12O9SSi. The lowest BCUT2D eigenvalue weighted by Crippen LogP contribution is -2.57. The number of amides is 3. The van der Waals surface area contributed by atoms with Crippen LogP contribution in [0.2, 0.25) is 16.6 Å². The Kier molecular flexibility index (Phi) is 21.6. The molecule has 2 unspecified atom stereocenters. The number of nitrogens with one attached hydrogen (secondary N) is 1. The SMILES string of the molecule is COCOc1cc(-c2ncc3c(N4CC5CCC(C4)N5C(=O)OC(C)(C)C)nc(OCC4(CN5CCC(OCc6cn([C@H](C(=O)N7C[C@H](O)C[C@H]7C(=O)N[C@@H](C)c7ccc(-c8scnc8C)cc7)C(C)(C)C)nn6)CC5)CC4)nc3c2F)c2c(C#C[Si](C(C)C)(C(C)C)C(C)C)c(F)ccc2c1. The highest BCUT2D eigenvalue weighted by atomic mass is 32.1. The smallest absolute Gasteiger partial charge is 0.410 e. The van der Waals surface area contributed by atoms with Crippen LogP contribution in [0.15, 0.2) is 66.4 Å². The minimum absolute atomic E-state index is 0.00849. The summed E-state index contributed by atoms with van der Waals surface area (Å²) in [4.78, 5) is 70.7. The average Bonchev–Trinajstić information content (AvgIpc) is 0.827. The number of aryl methyl sites for hydroxylation is 1. The fourth-order valence-electron chi connectivity index (χ4n) is 16.1. The molecule has 4 aromatic heterocycles. The molecule has 2 bridgehead atoms. The maximum absolute atomic E-state index is 18.4. The first-order valence-electron chi connectivity index (χ1n) is 36.2. The monoisotopic (exact) mass is 1430 g/mol. The Balaban J connectivity index is 0.742. The number of carbonyl (C=O) groups excluding carboxylic acids is 3. The van der Waals surface area contributed by atoms with Gasteiger partial charge >= 0.3 is 12.1 Å². The van der Waals surface area contributed by atoms with Crippen LogP contribution in [0.1, 0.15) is 170 Å². The fourth-order valence-corrected chi connectivity index (χ4v) is 22.2. The van der Waals surface area contributed by atoms with Crippen molar-refractivity contribution >= 4 is 64.8 Å². The molecule has 5 aliphatic rings. The highest BCUT2D eigenvalue weighted by Crippen LogP contribution is 2.48. The van der Waals surface area contributed by atoms with Crippen molar-refractivity contribution in [3.05, 3.63) is 101 Å². The van der Waals surface area contributed by atoms with Gasteiger partial charge in [0.25, 0.3) is 0 Å². The van der Waals surface area contributed by atoms with E-state index >= 15 is 8.78 Å². The number of hydrogen-bond donors (Lipinski definition) is 2. The van der Waals surface area contributed by atoms with Crippen LogP contribution in [-0.2, 0) is 30.4 Å². The molecule has 5 fully saturated rings. The van der Waals surface area contributed by atoms with Gasteiger partial charge in [-0.3, -0.25) is 19.5 Å². The zero-order chi connectivity index (χ0) is 72.9. The van der Waals surface area contributed by atoms with Gasteiger partial charge in [-0.05, 0) is 130 Å². The number of rotatable bonds is 22. The number of aliphatic hydroxyl groups is 1. The third-order valence-electron chi connectivity index (χ3n) is 21.5. The highest BCUT2D eigenvalue weighted by molar-refractivity contribution is 7.13. The van der Waals surface area contributed by atoms with E-state index in [1.807, 2.05) is 90.1 Å². The first kappa shape index (κ1) is 74.0. The number of likely N-dealkylation sites (tertiary alicyclic amines) is 2. The lowest BCUT2D eigenvalue weighted by molar-refractivity contribution is -0.144. The molecule has 2 N–H and O–H groups in total. The molecule has 7 aromatic rings. The first-order valence-corrected chi connectivity index (χ1v) is 39.3. The molecule has 0 spiro atoms. The Morgan fingerprint density at radius 2 is 1.57 bits per heavy atom. The van der Waals surface area contributed by atoms with E-state index in [4.69, 9.17) is 38.6 Å². The van der Waals surface area contributed by atoms with Gasteiger partial charge in [0.15, 0.2) is 12.6 Å². The molecule has 1 saturated carbocycles. The van der Waals surface area contributed by atoms with Crippen molar-refractivity contribution in [1.29, 1.82) is 0 Å². The van der Waals surface area contributed by atoms with Gasteiger partial charge in [-0.2, -0.15) is 9.97 Å². The number of ether oxygens (including phenoxy) is 5. The summed E-state index contributed by atoms with van der Waals surface area (Å²) >= 11 is 1.58. The predicted octanol–water partition coefficient (Wildman–Crippen LogP) is 13.6. The van der Waals surface area contributed by atoms with Crippen molar-refractivity contribution in [2.24, 2.45) is 10.8 Å². The predicted molar refractivity (Wildman–Crippen MR) is 393 cm³/mol. The molecule has 3 aromatic carbocycles. The second-order valence-corrected chi connectivity index (χ2v) is 38.4. The number of aliphatic hydroxyl groups excluding tert-OH is 1. The number of piperidine rings is 1. The maximum atomic E-state index is 18.4. The minimum Gasteiger partial charge on any atom is -0.468 e. The van der Waals surface area contributed by atoms with Crippen molar-refractivity contribution in [2.75, 3.05) is 64.7 Å². The van der Waals surface area contributed by atoms with Crippen LogP contribution in [0.3, 0.4) is 0 Å². The number of aromatic nitrogens is 7. The number of methoxy groups -OCH3 is 1. The van der Waals surface area contributed by atoms with Gasteiger partial charge in [0, 0.05) is 75.4 Å². The number of halogens is 2. The molecule has 102 heavy (non-hydrogen) atoms.